The van der Waals surface area contributed by atoms with Crippen molar-refractivity contribution in [1.82, 2.24) is 14.8 Å². The van der Waals surface area contributed by atoms with Crippen LogP contribution in [0.3, 0.4) is 0 Å². The number of Topliss-reactive ketones (excluding diaryl/α,β-unsaturated/α-hetero) is 1. The lowest BCUT2D eigenvalue weighted by Crippen LogP contribution is -2.31. The minimum Gasteiger partial charge on any atom is -0.494 e. The lowest BCUT2D eigenvalue weighted by Gasteiger charge is -2.32. The second kappa shape index (κ2) is 7.44. The number of carbonyl (C=O) groups is 1. The predicted molar refractivity (Wildman–Crippen MR) is 115 cm³/mol. The van der Waals surface area contributed by atoms with Gasteiger partial charge in [0.2, 0.25) is 5.95 Å². The van der Waals surface area contributed by atoms with Crippen molar-refractivity contribution < 1.29 is 9.53 Å². The van der Waals surface area contributed by atoms with Gasteiger partial charge in [-0.25, -0.2) is 4.68 Å². The number of allylic oxidation sites excluding steroid dienone is 2. The third-order valence-electron chi connectivity index (χ3n) is 5.68. The van der Waals surface area contributed by atoms with E-state index in [-0.39, 0.29) is 11.8 Å². The first kappa shape index (κ1) is 18.6. The number of ketones is 1. The number of carbonyl (C=O) groups excluding carboxylic acids is 1. The van der Waals surface area contributed by atoms with Crippen molar-refractivity contribution in [3.05, 3.63) is 70.9 Å². The maximum absolute atomic E-state index is 12.9. The number of benzene rings is 2. The SMILES string of the molecule is CCOc1ccc(-c2nc3n(n2)C(c2ccc(C)cc2)C2=C(CCCC2=O)N3)cc1. The summed E-state index contributed by atoms with van der Waals surface area (Å²) in [6.07, 6.45) is 2.30. The van der Waals surface area contributed by atoms with E-state index in [1.165, 1.54) is 5.56 Å². The van der Waals surface area contributed by atoms with Crippen molar-refractivity contribution in [2.75, 3.05) is 11.9 Å². The number of hydrogen-bond donors (Lipinski definition) is 1. The van der Waals surface area contributed by atoms with Crippen LogP contribution in [-0.2, 0) is 4.79 Å². The molecule has 2 aliphatic rings. The van der Waals surface area contributed by atoms with E-state index in [1.807, 2.05) is 35.9 Å². The molecule has 0 fully saturated rings. The molecule has 1 aliphatic heterocycles. The highest BCUT2D eigenvalue weighted by atomic mass is 16.5. The van der Waals surface area contributed by atoms with E-state index in [9.17, 15) is 4.79 Å². The fraction of sp³-hybridized carbons (Fsp3) is 0.292. The first-order valence-electron chi connectivity index (χ1n) is 10.4. The Balaban J connectivity index is 1.60. The molecule has 0 saturated carbocycles. The lowest BCUT2D eigenvalue weighted by atomic mass is 9.85. The third kappa shape index (κ3) is 3.18. The first-order chi connectivity index (χ1) is 14.6. The smallest absolute Gasteiger partial charge is 0.226 e. The molecular weight excluding hydrogens is 376 g/mol. The van der Waals surface area contributed by atoms with Gasteiger partial charge in [-0.3, -0.25) is 4.79 Å². The molecule has 0 radical (unpaired) electrons. The molecule has 6 heteroatoms. The highest BCUT2D eigenvalue weighted by molar-refractivity contribution is 5.99. The lowest BCUT2D eigenvalue weighted by molar-refractivity contribution is -0.116. The monoisotopic (exact) mass is 400 g/mol. The van der Waals surface area contributed by atoms with Crippen molar-refractivity contribution >= 4 is 11.7 Å². The van der Waals surface area contributed by atoms with E-state index >= 15 is 0 Å². The van der Waals surface area contributed by atoms with Gasteiger partial charge in [-0.2, -0.15) is 4.98 Å². The minimum absolute atomic E-state index is 0.193. The van der Waals surface area contributed by atoms with Gasteiger partial charge in [0.15, 0.2) is 11.6 Å². The summed E-state index contributed by atoms with van der Waals surface area (Å²) >= 11 is 0. The summed E-state index contributed by atoms with van der Waals surface area (Å²) < 4.78 is 7.40. The van der Waals surface area contributed by atoms with E-state index in [0.29, 0.717) is 24.8 Å². The normalized spacial score (nSPS) is 17.9. The molecule has 2 aromatic carbocycles. The highest BCUT2D eigenvalue weighted by Crippen LogP contribution is 2.40. The van der Waals surface area contributed by atoms with Gasteiger partial charge in [-0.05, 0) is 56.5 Å². The highest BCUT2D eigenvalue weighted by Gasteiger charge is 2.36. The average Bonchev–Trinajstić information content (AvgIpc) is 3.18. The Bertz CT molecular complexity index is 1130. The van der Waals surface area contributed by atoms with Crippen LogP contribution in [0.2, 0.25) is 0 Å². The Morgan fingerprint density at radius 3 is 2.60 bits per heavy atom. The molecule has 3 aromatic rings. The van der Waals surface area contributed by atoms with Gasteiger partial charge in [-0.1, -0.05) is 29.8 Å². The minimum atomic E-state index is -0.256. The molecule has 0 spiro atoms. The van der Waals surface area contributed by atoms with E-state index in [1.54, 1.807) is 0 Å². The zero-order valence-corrected chi connectivity index (χ0v) is 17.2. The van der Waals surface area contributed by atoms with Gasteiger partial charge < -0.3 is 10.1 Å². The van der Waals surface area contributed by atoms with Crippen LogP contribution >= 0.6 is 0 Å². The largest absolute Gasteiger partial charge is 0.494 e. The average molecular weight is 400 g/mol. The maximum atomic E-state index is 12.9. The number of rotatable bonds is 4. The van der Waals surface area contributed by atoms with Crippen molar-refractivity contribution in [3.8, 4) is 17.1 Å². The number of aromatic nitrogens is 3. The van der Waals surface area contributed by atoms with Gasteiger partial charge >= 0.3 is 0 Å². The van der Waals surface area contributed by atoms with Crippen LogP contribution in [0.4, 0.5) is 5.95 Å². The number of nitrogens with zero attached hydrogens (tertiary/aromatic N) is 3. The predicted octanol–water partition coefficient (Wildman–Crippen LogP) is 4.67. The zero-order chi connectivity index (χ0) is 20.7. The quantitative estimate of drug-likeness (QED) is 0.689. The van der Waals surface area contributed by atoms with Crippen LogP contribution in [0, 0.1) is 6.92 Å². The molecule has 30 heavy (non-hydrogen) atoms. The molecule has 1 unspecified atom stereocenters. The summed E-state index contributed by atoms with van der Waals surface area (Å²) in [4.78, 5) is 17.7. The molecule has 0 bridgehead atoms. The molecular formula is C24H24N4O2. The summed E-state index contributed by atoms with van der Waals surface area (Å²) in [6, 6.07) is 15.8. The van der Waals surface area contributed by atoms with Crippen molar-refractivity contribution in [3.63, 3.8) is 0 Å². The number of aryl methyl sites for hydroxylation is 1. The Labute approximate surface area is 175 Å². The summed E-state index contributed by atoms with van der Waals surface area (Å²) in [5.74, 6) is 2.32. The maximum Gasteiger partial charge on any atom is 0.226 e. The molecule has 0 saturated heterocycles. The Hall–Kier alpha value is -3.41. The molecule has 1 N–H and O–H groups in total. The van der Waals surface area contributed by atoms with E-state index < -0.39 is 0 Å². The number of ether oxygens (including phenoxy) is 1. The fourth-order valence-electron chi connectivity index (χ4n) is 4.20. The topological polar surface area (TPSA) is 69.0 Å². The second-order valence-electron chi connectivity index (χ2n) is 7.77. The van der Waals surface area contributed by atoms with Crippen LogP contribution in [0.1, 0.15) is 43.4 Å². The Kier molecular flexibility index (Phi) is 4.62. The van der Waals surface area contributed by atoms with Gasteiger partial charge in [-0.15, -0.1) is 5.10 Å². The summed E-state index contributed by atoms with van der Waals surface area (Å²) in [6.45, 7) is 4.66. The van der Waals surface area contributed by atoms with Crippen LogP contribution in [-0.4, -0.2) is 27.2 Å². The molecule has 5 rings (SSSR count). The Morgan fingerprint density at radius 2 is 1.87 bits per heavy atom. The van der Waals surface area contributed by atoms with Crippen LogP contribution in [0.15, 0.2) is 59.8 Å². The molecule has 2 heterocycles. The van der Waals surface area contributed by atoms with Crippen molar-refractivity contribution in [2.45, 2.75) is 39.2 Å². The summed E-state index contributed by atoms with van der Waals surface area (Å²) in [7, 11) is 0. The first-order valence-corrected chi connectivity index (χ1v) is 10.4. The summed E-state index contributed by atoms with van der Waals surface area (Å²) in [5, 5.41) is 8.20. The van der Waals surface area contributed by atoms with Crippen LogP contribution in [0.25, 0.3) is 11.4 Å². The van der Waals surface area contributed by atoms with Crippen molar-refractivity contribution in [1.29, 1.82) is 0 Å². The zero-order valence-electron chi connectivity index (χ0n) is 17.2. The molecule has 0 amide bonds. The molecule has 152 valence electrons. The molecule has 1 aromatic heterocycles. The third-order valence-corrected chi connectivity index (χ3v) is 5.68. The molecule has 1 aliphatic carbocycles. The fourth-order valence-corrected chi connectivity index (χ4v) is 4.20. The molecule has 1 atom stereocenters. The number of anilines is 1. The standard InChI is InChI=1S/C24H24N4O2/c1-3-30-18-13-11-17(12-14-18)23-26-24-25-19-5-4-6-20(29)21(19)22(28(24)27-23)16-9-7-15(2)8-10-16/h7-14,22H,3-6H2,1-2H3,(H,25,26,27). The number of fused-ring (bicyclic) bond motifs is 1. The van der Waals surface area contributed by atoms with Gasteiger partial charge in [0, 0.05) is 23.3 Å². The number of hydrogen-bond acceptors (Lipinski definition) is 5. The van der Waals surface area contributed by atoms with E-state index in [2.05, 4.69) is 36.5 Å². The van der Waals surface area contributed by atoms with E-state index in [0.717, 1.165) is 41.0 Å². The van der Waals surface area contributed by atoms with Crippen molar-refractivity contribution in [2.24, 2.45) is 0 Å². The van der Waals surface area contributed by atoms with Crippen LogP contribution in [0.5, 0.6) is 5.75 Å². The van der Waals surface area contributed by atoms with Gasteiger partial charge in [0.05, 0.1) is 6.61 Å². The second-order valence-corrected chi connectivity index (χ2v) is 7.77. The van der Waals surface area contributed by atoms with E-state index in [4.69, 9.17) is 14.8 Å². The molecule has 6 nitrogen and oxygen atoms in total. The Morgan fingerprint density at radius 1 is 1.10 bits per heavy atom. The number of nitrogens with one attached hydrogen (secondary N) is 1. The van der Waals surface area contributed by atoms with Gasteiger partial charge in [0.1, 0.15) is 11.8 Å². The summed E-state index contributed by atoms with van der Waals surface area (Å²) in [5.41, 5.74) is 4.95. The van der Waals surface area contributed by atoms with Crippen LogP contribution < -0.4 is 10.1 Å². The van der Waals surface area contributed by atoms with Gasteiger partial charge in [0.25, 0.3) is 0 Å².